The topological polar surface area (TPSA) is 28.2 Å². The van der Waals surface area contributed by atoms with E-state index in [-0.39, 0.29) is 0 Å². The van der Waals surface area contributed by atoms with E-state index in [2.05, 4.69) is 31.1 Å². The van der Waals surface area contributed by atoms with Gasteiger partial charge in [0.05, 0.1) is 10.7 Å². The Morgan fingerprint density at radius 2 is 2.17 bits per heavy atom. The molecule has 0 amide bonds. The first-order valence-electron chi connectivity index (χ1n) is 7.16. The molecule has 1 unspecified atom stereocenters. The van der Waals surface area contributed by atoms with E-state index in [4.69, 9.17) is 4.98 Å². The fourth-order valence-electron chi connectivity index (χ4n) is 2.65. The molecular formula is C14H25N3S. The van der Waals surface area contributed by atoms with Crippen molar-refractivity contribution < 1.29 is 0 Å². The SMILES string of the molecule is CCN(CC)CCc1nc2c(s1)C(NC)CCC2. The first-order chi connectivity index (χ1) is 8.78. The number of fused-ring (bicyclic) bond motifs is 1. The number of hydrogen-bond acceptors (Lipinski definition) is 4. The maximum absolute atomic E-state index is 4.84. The summed E-state index contributed by atoms with van der Waals surface area (Å²) in [5.41, 5.74) is 1.36. The van der Waals surface area contributed by atoms with Crippen LogP contribution in [0, 0.1) is 0 Å². The average Bonchev–Trinajstić information content (AvgIpc) is 2.82. The number of hydrogen-bond donors (Lipinski definition) is 1. The van der Waals surface area contributed by atoms with Crippen LogP contribution in [-0.4, -0.2) is 36.6 Å². The molecule has 4 heteroatoms. The summed E-state index contributed by atoms with van der Waals surface area (Å²) in [6, 6.07) is 0.549. The molecule has 0 aromatic carbocycles. The van der Waals surface area contributed by atoms with Gasteiger partial charge in [-0.15, -0.1) is 11.3 Å². The number of aryl methyl sites for hydroxylation is 1. The summed E-state index contributed by atoms with van der Waals surface area (Å²) in [6.07, 6.45) is 4.82. The molecule has 3 nitrogen and oxygen atoms in total. The van der Waals surface area contributed by atoms with E-state index in [1.807, 2.05) is 11.3 Å². The molecule has 0 saturated heterocycles. The molecule has 18 heavy (non-hydrogen) atoms. The third-order valence-electron chi connectivity index (χ3n) is 3.88. The largest absolute Gasteiger partial charge is 0.312 e. The van der Waals surface area contributed by atoms with Gasteiger partial charge >= 0.3 is 0 Å². The monoisotopic (exact) mass is 267 g/mol. The molecule has 0 saturated carbocycles. The van der Waals surface area contributed by atoms with Gasteiger partial charge in [-0.3, -0.25) is 0 Å². The number of thiazole rings is 1. The minimum atomic E-state index is 0.549. The second-order valence-corrected chi connectivity index (χ2v) is 6.04. The van der Waals surface area contributed by atoms with Crippen molar-refractivity contribution in [2.45, 2.75) is 45.6 Å². The van der Waals surface area contributed by atoms with Crippen LogP contribution >= 0.6 is 11.3 Å². The Morgan fingerprint density at radius 1 is 1.39 bits per heavy atom. The van der Waals surface area contributed by atoms with Crippen molar-refractivity contribution in [3.63, 3.8) is 0 Å². The van der Waals surface area contributed by atoms with Gasteiger partial charge in [-0.1, -0.05) is 13.8 Å². The van der Waals surface area contributed by atoms with E-state index in [1.165, 1.54) is 34.8 Å². The Bertz CT molecular complexity index is 371. The van der Waals surface area contributed by atoms with Crippen molar-refractivity contribution in [1.29, 1.82) is 0 Å². The predicted octanol–water partition coefficient (Wildman–Crippen LogP) is 2.62. The zero-order valence-electron chi connectivity index (χ0n) is 11.8. The number of aromatic nitrogens is 1. The van der Waals surface area contributed by atoms with Gasteiger partial charge in [0, 0.05) is 23.9 Å². The van der Waals surface area contributed by atoms with Crippen LogP contribution in [0.2, 0.25) is 0 Å². The highest BCUT2D eigenvalue weighted by molar-refractivity contribution is 7.11. The van der Waals surface area contributed by atoms with Gasteiger partial charge in [0.1, 0.15) is 0 Å². The standard InChI is InChI=1S/C14H25N3S/c1-4-17(5-2)10-9-13-16-12-8-6-7-11(15-3)14(12)18-13/h11,15H,4-10H2,1-3H3. The van der Waals surface area contributed by atoms with E-state index >= 15 is 0 Å². The smallest absolute Gasteiger partial charge is 0.0944 e. The van der Waals surface area contributed by atoms with E-state index in [0.717, 1.165) is 26.1 Å². The van der Waals surface area contributed by atoms with Crippen LogP contribution in [0.25, 0.3) is 0 Å². The first kappa shape index (κ1) is 14.0. The Kier molecular flexibility index (Phi) is 5.15. The van der Waals surface area contributed by atoms with Crippen molar-refractivity contribution in [3.8, 4) is 0 Å². The summed E-state index contributed by atoms with van der Waals surface area (Å²) in [4.78, 5) is 8.81. The fourth-order valence-corrected chi connectivity index (χ4v) is 3.89. The highest BCUT2D eigenvalue weighted by Crippen LogP contribution is 2.34. The second kappa shape index (κ2) is 6.64. The molecule has 0 radical (unpaired) electrons. The summed E-state index contributed by atoms with van der Waals surface area (Å²) in [5.74, 6) is 0. The van der Waals surface area contributed by atoms with Gasteiger partial charge in [0.2, 0.25) is 0 Å². The van der Waals surface area contributed by atoms with Gasteiger partial charge in [0.25, 0.3) is 0 Å². The van der Waals surface area contributed by atoms with Crippen molar-refractivity contribution >= 4 is 11.3 Å². The van der Waals surface area contributed by atoms with Crippen LogP contribution in [0.5, 0.6) is 0 Å². The van der Waals surface area contributed by atoms with E-state index in [1.54, 1.807) is 0 Å². The molecule has 102 valence electrons. The molecule has 0 aliphatic heterocycles. The predicted molar refractivity (Wildman–Crippen MR) is 78.3 cm³/mol. The summed E-state index contributed by atoms with van der Waals surface area (Å²) in [5, 5.41) is 4.75. The minimum Gasteiger partial charge on any atom is -0.312 e. The van der Waals surface area contributed by atoms with Crippen molar-refractivity contribution in [1.82, 2.24) is 15.2 Å². The molecule has 2 rings (SSSR count). The zero-order valence-corrected chi connectivity index (χ0v) is 12.6. The fraction of sp³-hybridized carbons (Fsp3) is 0.786. The molecule has 1 atom stereocenters. The quantitative estimate of drug-likeness (QED) is 0.859. The molecule has 1 aliphatic carbocycles. The van der Waals surface area contributed by atoms with Crippen LogP contribution in [0.15, 0.2) is 0 Å². The second-order valence-electron chi connectivity index (χ2n) is 4.93. The Hall–Kier alpha value is -0.450. The van der Waals surface area contributed by atoms with E-state index in [0.29, 0.717) is 6.04 Å². The lowest BCUT2D eigenvalue weighted by molar-refractivity contribution is 0.308. The number of rotatable bonds is 6. The molecule has 0 bridgehead atoms. The number of nitrogens with zero attached hydrogens (tertiary/aromatic N) is 2. The maximum atomic E-state index is 4.84. The van der Waals surface area contributed by atoms with Crippen molar-refractivity contribution in [2.24, 2.45) is 0 Å². The first-order valence-corrected chi connectivity index (χ1v) is 7.98. The van der Waals surface area contributed by atoms with Gasteiger partial charge in [-0.05, 0) is 39.4 Å². The van der Waals surface area contributed by atoms with Crippen molar-refractivity contribution in [2.75, 3.05) is 26.7 Å². The van der Waals surface area contributed by atoms with Crippen LogP contribution in [0.1, 0.15) is 48.3 Å². The van der Waals surface area contributed by atoms with Crippen LogP contribution in [-0.2, 0) is 12.8 Å². The minimum absolute atomic E-state index is 0.549. The lowest BCUT2D eigenvalue weighted by Crippen LogP contribution is -2.25. The third kappa shape index (κ3) is 3.11. The summed E-state index contributed by atoms with van der Waals surface area (Å²) >= 11 is 1.93. The molecule has 0 fully saturated rings. The lowest BCUT2D eigenvalue weighted by atomic mass is 9.98. The highest BCUT2D eigenvalue weighted by Gasteiger charge is 2.23. The Balaban J connectivity index is 2.00. The zero-order chi connectivity index (χ0) is 13.0. The van der Waals surface area contributed by atoms with Gasteiger partial charge in [0.15, 0.2) is 0 Å². The maximum Gasteiger partial charge on any atom is 0.0944 e. The summed E-state index contributed by atoms with van der Waals surface area (Å²) in [6.45, 7) is 7.88. The van der Waals surface area contributed by atoms with Crippen LogP contribution in [0.3, 0.4) is 0 Å². The highest BCUT2D eigenvalue weighted by atomic mass is 32.1. The van der Waals surface area contributed by atoms with E-state index in [9.17, 15) is 0 Å². The number of nitrogens with one attached hydrogen (secondary N) is 1. The molecule has 0 spiro atoms. The van der Waals surface area contributed by atoms with Crippen LogP contribution in [0.4, 0.5) is 0 Å². The molecule has 1 heterocycles. The molecule has 1 aliphatic rings. The van der Waals surface area contributed by atoms with Crippen molar-refractivity contribution in [3.05, 3.63) is 15.6 Å². The summed E-state index contributed by atoms with van der Waals surface area (Å²) < 4.78 is 0. The molecular weight excluding hydrogens is 242 g/mol. The average molecular weight is 267 g/mol. The molecule has 1 aromatic rings. The number of likely N-dealkylation sites (N-methyl/N-ethyl adjacent to an activating group) is 1. The van der Waals surface area contributed by atoms with Gasteiger partial charge < -0.3 is 10.2 Å². The third-order valence-corrected chi connectivity index (χ3v) is 5.15. The van der Waals surface area contributed by atoms with E-state index < -0.39 is 0 Å². The van der Waals surface area contributed by atoms with Gasteiger partial charge in [-0.2, -0.15) is 0 Å². The van der Waals surface area contributed by atoms with Gasteiger partial charge in [-0.25, -0.2) is 4.98 Å². The Labute approximate surface area is 115 Å². The normalized spacial score (nSPS) is 19.2. The Morgan fingerprint density at radius 3 is 2.83 bits per heavy atom. The molecule has 1 N–H and O–H groups in total. The van der Waals surface area contributed by atoms with Crippen LogP contribution < -0.4 is 5.32 Å². The lowest BCUT2D eigenvalue weighted by Gasteiger charge is -2.20. The summed E-state index contributed by atoms with van der Waals surface area (Å²) in [7, 11) is 2.06. The molecule has 1 aromatic heterocycles.